The van der Waals surface area contributed by atoms with Crippen LogP contribution >= 0.6 is 23.1 Å². The van der Waals surface area contributed by atoms with Gasteiger partial charge in [-0.05, 0) is 18.2 Å². The molecular weight excluding hydrogens is 402 g/mol. The van der Waals surface area contributed by atoms with Crippen molar-refractivity contribution in [1.29, 1.82) is 0 Å². The Morgan fingerprint density at radius 2 is 2.18 bits per heavy atom. The zero-order valence-electron chi connectivity index (χ0n) is 14.4. The summed E-state index contributed by atoms with van der Waals surface area (Å²) in [5.74, 6) is -1.30. The Hall–Kier alpha value is -2.85. The quantitative estimate of drug-likeness (QED) is 0.630. The fraction of sp³-hybridized carbons (Fsp3) is 0.222. The van der Waals surface area contributed by atoms with Gasteiger partial charge in [0.2, 0.25) is 5.91 Å². The van der Waals surface area contributed by atoms with Gasteiger partial charge in [-0.15, -0.1) is 23.1 Å². The molecule has 2 unspecified atom stereocenters. The summed E-state index contributed by atoms with van der Waals surface area (Å²) in [5.41, 5.74) is 1.29. The zero-order valence-corrected chi connectivity index (χ0v) is 16.0. The van der Waals surface area contributed by atoms with Crippen LogP contribution in [0.25, 0.3) is 10.6 Å². The predicted molar refractivity (Wildman–Crippen MR) is 104 cm³/mol. The summed E-state index contributed by atoms with van der Waals surface area (Å²) in [6.07, 6.45) is 1.51. The standard InChI is InChI=1S/C18H15N3O5S2/c22-11-3-1-2-9(6-11)15-19-10(8-28-15)7-13(23)20-14-16(24)21-12(18(25)26)4-5-27-17(14)21/h1-4,6,8,14,17,22H,5,7H2,(H,20,23)(H,25,26). The van der Waals surface area contributed by atoms with Gasteiger partial charge in [0.25, 0.3) is 5.91 Å². The van der Waals surface area contributed by atoms with Crippen LogP contribution in [0.15, 0.2) is 41.4 Å². The molecule has 1 fully saturated rings. The van der Waals surface area contributed by atoms with Crippen LogP contribution in [0.1, 0.15) is 5.69 Å². The van der Waals surface area contributed by atoms with E-state index in [9.17, 15) is 24.6 Å². The Morgan fingerprint density at radius 1 is 1.36 bits per heavy atom. The first-order valence-electron chi connectivity index (χ1n) is 8.35. The van der Waals surface area contributed by atoms with Gasteiger partial charge >= 0.3 is 5.97 Å². The number of carboxylic acid groups (broad SMARTS) is 1. The molecule has 28 heavy (non-hydrogen) atoms. The highest BCUT2D eigenvalue weighted by Crippen LogP contribution is 2.37. The Balaban J connectivity index is 1.39. The van der Waals surface area contributed by atoms with Crippen molar-refractivity contribution in [2.24, 2.45) is 0 Å². The molecule has 2 aromatic rings. The molecule has 1 aromatic carbocycles. The molecule has 4 rings (SSSR count). The fourth-order valence-corrected chi connectivity index (χ4v) is 5.10. The van der Waals surface area contributed by atoms with Crippen molar-refractivity contribution in [3.63, 3.8) is 0 Å². The largest absolute Gasteiger partial charge is 0.508 e. The monoisotopic (exact) mass is 417 g/mol. The molecule has 0 aliphatic carbocycles. The van der Waals surface area contributed by atoms with E-state index in [1.807, 2.05) is 6.07 Å². The van der Waals surface area contributed by atoms with Gasteiger partial charge in [0.05, 0.1) is 12.1 Å². The van der Waals surface area contributed by atoms with Gasteiger partial charge in [-0.3, -0.25) is 14.5 Å². The third kappa shape index (κ3) is 3.36. The van der Waals surface area contributed by atoms with Crippen molar-refractivity contribution in [2.45, 2.75) is 17.8 Å². The maximum absolute atomic E-state index is 12.4. The second kappa shape index (κ2) is 7.28. The molecule has 10 heteroatoms. The number of thioether (sulfide) groups is 1. The Labute approximate surface area is 167 Å². The zero-order chi connectivity index (χ0) is 19.8. The van der Waals surface area contributed by atoms with E-state index in [1.165, 1.54) is 34.1 Å². The second-order valence-corrected chi connectivity index (χ2v) is 8.25. The maximum atomic E-state index is 12.4. The number of phenols is 1. The molecule has 144 valence electrons. The molecule has 0 bridgehead atoms. The number of nitrogens with zero attached hydrogens (tertiary/aromatic N) is 2. The Bertz CT molecular complexity index is 1000. The molecule has 2 amide bonds. The number of aliphatic carboxylic acids is 1. The molecule has 1 aromatic heterocycles. The lowest BCUT2D eigenvalue weighted by atomic mass is 10.0. The summed E-state index contributed by atoms with van der Waals surface area (Å²) in [7, 11) is 0. The lowest BCUT2D eigenvalue weighted by Crippen LogP contribution is -2.70. The molecular formula is C18H15N3O5S2. The second-order valence-electron chi connectivity index (χ2n) is 6.24. The number of aromatic nitrogens is 1. The first kappa shape index (κ1) is 18.5. The van der Waals surface area contributed by atoms with E-state index in [2.05, 4.69) is 10.3 Å². The number of carboxylic acids is 1. The number of hydrogen-bond acceptors (Lipinski definition) is 7. The van der Waals surface area contributed by atoms with Crippen LogP contribution in [-0.2, 0) is 20.8 Å². The van der Waals surface area contributed by atoms with Gasteiger partial charge in [0, 0.05) is 16.7 Å². The minimum atomic E-state index is -1.15. The lowest BCUT2D eigenvalue weighted by molar-refractivity contribution is -0.150. The van der Waals surface area contributed by atoms with E-state index < -0.39 is 23.3 Å². The van der Waals surface area contributed by atoms with Crippen LogP contribution in [0.2, 0.25) is 0 Å². The van der Waals surface area contributed by atoms with E-state index in [1.54, 1.807) is 23.6 Å². The van der Waals surface area contributed by atoms with Crippen LogP contribution in [-0.4, -0.2) is 55.0 Å². The summed E-state index contributed by atoms with van der Waals surface area (Å²) >= 11 is 2.77. The van der Waals surface area contributed by atoms with Gasteiger partial charge in [-0.2, -0.15) is 0 Å². The van der Waals surface area contributed by atoms with Crippen molar-refractivity contribution in [3.05, 3.63) is 47.1 Å². The van der Waals surface area contributed by atoms with Crippen LogP contribution < -0.4 is 5.32 Å². The molecule has 2 atom stereocenters. The number of phenolic OH excluding ortho intramolecular Hbond substituents is 1. The van der Waals surface area contributed by atoms with Crippen LogP contribution in [0.3, 0.4) is 0 Å². The van der Waals surface area contributed by atoms with E-state index in [4.69, 9.17) is 0 Å². The summed E-state index contributed by atoms with van der Waals surface area (Å²) < 4.78 is 0. The van der Waals surface area contributed by atoms with Crippen molar-refractivity contribution in [3.8, 4) is 16.3 Å². The molecule has 2 aliphatic rings. The van der Waals surface area contributed by atoms with E-state index >= 15 is 0 Å². The number of amides is 2. The molecule has 0 radical (unpaired) electrons. The predicted octanol–water partition coefficient (Wildman–Crippen LogP) is 1.43. The number of aromatic hydroxyl groups is 1. The average molecular weight is 417 g/mol. The van der Waals surface area contributed by atoms with Crippen molar-refractivity contribution in [2.75, 3.05) is 5.75 Å². The van der Waals surface area contributed by atoms with Crippen molar-refractivity contribution < 1.29 is 24.6 Å². The number of nitrogens with one attached hydrogen (secondary N) is 1. The first-order chi connectivity index (χ1) is 13.4. The van der Waals surface area contributed by atoms with Crippen LogP contribution in [0, 0.1) is 0 Å². The number of rotatable bonds is 5. The fourth-order valence-electron chi connectivity index (χ4n) is 3.09. The topological polar surface area (TPSA) is 120 Å². The molecule has 0 saturated carbocycles. The minimum Gasteiger partial charge on any atom is -0.508 e. The minimum absolute atomic E-state index is 0.0120. The summed E-state index contributed by atoms with van der Waals surface area (Å²) in [4.78, 5) is 41.5. The van der Waals surface area contributed by atoms with Gasteiger partial charge in [-0.1, -0.05) is 12.1 Å². The first-order valence-corrected chi connectivity index (χ1v) is 10.3. The van der Waals surface area contributed by atoms with Crippen LogP contribution in [0.4, 0.5) is 0 Å². The number of β-lactam (4-membered cyclic amide) rings is 1. The summed E-state index contributed by atoms with van der Waals surface area (Å²) in [6.45, 7) is 0. The molecule has 2 aliphatic heterocycles. The van der Waals surface area contributed by atoms with Gasteiger partial charge < -0.3 is 15.5 Å². The summed E-state index contributed by atoms with van der Waals surface area (Å²) in [6, 6.07) is 5.97. The number of thiazole rings is 1. The molecule has 3 N–H and O–H groups in total. The van der Waals surface area contributed by atoms with E-state index in [0.717, 1.165) is 5.56 Å². The number of carbonyl (C=O) groups excluding carboxylic acids is 2. The van der Waals surface area contributed by atoms with Gasteiger partial charge in [0.15, 0.2) is 0 Å². The molecule has 0 spiro atoms. The van der Waals surface area contributed by atoms with E-state index in [-0.39, 0.29) is 23.8 Å². The number of fused-ring (bicyclic) bond motifs is 1. The third-order valence-electron chi connectivity index (χ3n) is 4.37. The normalized spacial score (nSPS) is 20.8. The smallest absolute Gasteiger partial charge is 0.352 e. The molecule has 8 nitrogen and oxygen atoms in total. The number of carbonyl (C=O) groups is 3. The average Bonchev–Trinajstić information content (AvgIpc) is 3.13. The van der Waals surface area contributed by atoms with Gasteiger partial charge in [0.1, 0.15) is 27.9 Å². The van der Waals surface area contributed by atoms with Gasteiger partial charge in [-0.25, -0.2) is 9.78 Å². The SMILES string of the molecule is O=C(Cc1csc(-c2cccc(O)c2)n1)NC1C(=O)N2C(C(=O)O)=CCSC12. The van der Waals surface area contributed by atoms with E-state index in [0.29, 0.717) is 16.5 Å². The summed E-state index contributed by atoms with van der Waals surface area (Å²) in [5, 5.41) is 23.5. The Kier molecular flexibility index (Phi) is 4.82. The van der Waals surface area contributed by atoms with Crippen molar-refractivity contribution in [1.82, 2.24) is 15.2 Å². The lowest BCUT2D eigenvalue weighted by Gasteiger charge is -2.48. The Morgan fingerprint density at radius 3 is 2.93 bits per heavy atom. The highest BCUT2D eigenvalue weighted by atomic mass is 32.2. The highest BCUT2D eigenvalue weighted by Gasteiger charge is 2.52. The third-order valence-corrected chi connectivity index (χ3v) is 6.49. The molecule has 3 heterocycles. The highest BCUT2D eigenvalue weighted by molar-refractivity contribution is 8.00. The van der Waals surface area contributed by atoms with Crippen molar-refractivity contribution >= 4 is 40.9 Å². The maximum Gasteiger partial charge on any atom is 0.352 e. The number of benzene rings is 1. The molecule has 1 saturated heterocycles. The van der Waals surface area contributed by atoms with Crippen LogP contribution in [0.5, 0.6) is 5.75 Å². The number of hydrogen-bond donors (Lipinski definition) is 3.